The zero-order valence-corrected chi connectivity index (χ0v) is 13.8. The third-order valence-corrected chi connectivity index (χ3v) is 4.79. The van der Waals surface area contributed by atoms with Gasteiger partial charge in [0, 0.05) is 10.4 Å². The summed E-state index contributed by atoms with van der Waals surface area (Å²) < 4.78 is 5.59. The molecular formula is C17H21N3OS. The number of aryl methyl sites for hydroxylation is 1. The maximum Gasteiger partial charge on any atom is 0.203 e. The minimum atomic E-state index is 0.648. The Labute approximate surface area is 135 Å². The number of fused-ring (bicyclic) bond motifs is 1. The van der Waals surface area contributed by atoms with Gasteiger partial charge in [-0.1, -0.05) is 19.1 Å². The summed E-state index contributed by atoms with van der Waals surface area (Å²) in [5.74, 6) is 1.62. The van der Waals surface area contributed by atoms with E-state index in [2.05, 4.69) is 22.4 Å². The summed E-state index contributed by atoms with van der Waals surface area (Å²) in [4.78, 5) is 6.05. The molecule has 5 heteroatoms. The number of hydrogen-bond acceptors (Lipinski definition) is 5. The highest BCUT2D eigenvalue weighted by Gasteiger charge is 2.19. The van der Waals surface area contributed by atoms with Crippen LogP contribution >= 0.6 is 11.3 Å². The molecule has 0 radical (unpaired) electrons. The van der Waals surface area contributed by atoms with Crippen LogP contribution in [0, 0.1) is 5.92 Å². The second-order valence-corrected chi connectivity index (χ2v) is 6.66. The van der Waals surface area contributed by atoms with E-state index in [4.69, 9.17) is 4.74 Å². The highest BCUT2D eigenvalue weighted by molar-refractivity contribution is 7.15. The van der Waals surface area contributed by atoms with E-state index in [1.807, 2.05) is 31.2 Å². The number of hydrogen-bond donors (Lipinski definition) is 1. The standard InChI is InChI=1S/C17H21N3OS/c1-3-21-15-7-5-4-6-13(15)11-18-20-17-19-14-9-8-12(2)10-16(14)22-17/h4-7,11-12H,3,8-10H2,1-2H3,(H,19,20)/b18-11+/t12-/m1/s1. The largest absolute Gasteiger partial charge is 0.493 e. The van der Waals surface area contributed by atoms with E-state index >= 15 is 0 Å². The summed E-state index contributed by atoms with van der Waals surface area (Å²) in [6.07, 6.45) is 5.26. The molecule has 0 saturated carbocycles. The average molecular weight is 315 g/mol. The first kappa shape index (κ1) is 15.0. The monoisotopic (exact) mass is 315 g/mol. The molecule has 1 heterocycles. The normalized spacial score (nSPS) is 17.5. The Morgan fingerprint density at radius 1 is 1.45 bits per heavy atom. The van der Waals surface area contributed by atoms with Crippen LogP contribution in [0.25, 0.3) is 0 Å². The van der Waals surface area contributed by atoms with Gasteiger partial charge in [-0.05, 0) is 44.2 Å². The van der Waals surface area contributed by atoms with Gasteiger partial charge in [-0.2, -0.15) is 5.10 Å². The zero-order chi connectivity index (χ0) is 15.4. The first-order valence-corrected chi connectivity index (χ1v) is 8.57. The van der Waals surface area contributed by atoms with Crippen molar-refractivity contribution in [3.05, 3.63) is 40.4 Å². The van der Waals surface area contributed by atoms with Crippen LogP contribution < -0.4 is 10.2 Å². The van der Waals surface area contributed by atoms with Crippen molar-refractivity contribution in [2.24, 2.45) is 11.0 Å². The van der Waals surface area contributed by atoms with Crippen molar-refractivity contribution in [3.63, 3.8) is 0 Å². The van der Waals surface area contributed by atoms with E-state index < -0.39 is 0 Å². The van der Waals surface area contributed by atoms with Gasteiger partial charge in [-0.15, -0.1) is 11.3 Å². The molecule has 1 aliphatic carbocycles. The van der Waals surface area contributed by atoms with Crippen LogP contribution in [0.2, 0.25) is 0 Å². The maximum atomic E-state index is 5.59. The van der Waals surface area contributed by atoms with E-state index in [0.717, 1.165) is 35.2 Å². The SMILES string of the molecule is CCOc1ccccc1/C=N/Nc1nc2c(s1)C[C@H](C)CC2. The Kier molecular flexibility index (Phi) is 4.73. The number of anilines is 1. The van der Waals surface area contributed by atoms with Crippen molar-refractivity contribution in [2.75, 3.05) is 12.0 Å². The Balaban J connectivity index is 1.68. The van der Waals surface area contributed by atoms with Crippen LogP contribution in [0.15, 0.2) is 29.4 Å². The van der Waals surface area contributed by atoms with E-state index in [1.165, 1.54) is 17.0 Å². The number of para-hydroxylation sites is 1. The number of nitrogens with one attached hydrogen (secondary N) is 1. The smallest absolute Gasteiger partial charge is 0.203 e. The maximum absolute atomic E-state index is 5.59. The quantitative estimate of drug-likeness (QED) is 0.667. The molecule has 0 spiro atoms. The van der Waals surface area contributed by atoms with Crippen LogP contribution in [0.4, 0.5) is 5.13 Å². The second-order valence-electron chi connectivity index (χ2n) is 5.58. The van der Waals surface area contributed by atoms with Crippen LogP contribution in [0.5, 0.6) is 5.75 Å². The molecule has 22 heavy (non-hydrogen) atoms. The molecule has 0 unspecified atom stereocenters. The average Bonchev–Trinajstić information content (AvgIpc) is 2.91. The van der Waals surface area contributed by atoms with E-state index in [9.17, 15) is 0 Å². The third-order valence-electron chi connectivity index (χ3n) is 3.77. The number of benzene rings is 1. The molecule has 4 nitrogen and oxygen atoms in total. The highest BCUT2D eigenvalue weighted by Crippen LogP contribution is 2.32. The van der Waals surface area contributed by atoms with Gasteiger partial charge in [0.2, 0.25) is 5.13 Å². The van der Waals surface area contributed by atoms with Gasteiger partial charge >= 0.3 is 0 Å². The van der Waals surface area contributed by atoms with E-state index in [0.29, 0.717) is 6.61 Å². The van der Waals surface area contributed by atoms with E-state index in [-0.39, 0.29) is 0 Å². The topological polar surface area (TPSA) is 46.5 Å². The summed E-state index contributed by atoms with van der Waals surface area (Å²) in [6, 6.07) is 7.89. The lowest BCUT2D eigenvalue weighted by molar-refractivity contribution is 0.340. The summed E-state index contributed by atoms with van der Waals surface area (Å²) in [7, 11) is 0. The number of hydrazone groups is 1. The predicted molar refractivity (Wildman–Crippen MR) is 92.1 cm³/mol. The molecule has 1 atom stereocenters. The molecule has 0 bridgehead atoms. The second kappa shape index (κ2) is 6.92. The number of rotatable bonds is 5. The van der Waals surface area contributed by atoms with Crippen molar-refractivity contribution in [3.8, 4) is 5.75 Å². The summed E-state index contributed by atoms with van der Waals surface area (Å²) in [6.45, 7) is 4.93. The van der Waals surface area contributed by atoms with E-state index in [1.54, 1.807) is 17.6 Å². The molecule has 0 fully saturated rings. The number of thiazole rings is 1. The van der Waals surface area contributed by atoms with Gasteiger partial charge in [0.05, 0.1) is 18.5 Å². The lowest BCUT2D eigenvalue weighted by Crippen LogP contribution is -2.09. The van der Waals surface area contributed by atoms with Gasteiger partial charge < -0.3 is 4.74 Å². The molecule has 1 N–H and O–H groups in total. The Morgan fingerprint density at radius 2 is 2.32 bits per heavy atom. The van der Waals surface area contributed by atoms with Crippen molar-refractivity contribution >= 4 is 22.7 Å². The van der Waals surface area contributed by atoms with Crippen molar-refractivity contribution in [1.29, 1.82) is 0 Å². The van der Waals surface area contributed by atoms with Gasteiger partial charge in [0.25, 0.3) is 0 Å². The Bertz CT molecular complexity index is 666. The molecule has 116 valence electrons. The minimum Gasteiger partial charge on any atom is -0.493 e. The third kappa shape index (κ3) is 3.47. The van der Waals surface area contributed by atoms with Gasteiger partial charge in [-0.3, -0.25) is 5.43 Å². The zero-order valence-electron chi connectivity index (χ0n) is 13.0. The molecule has 0 amide bonds. The number of aromatic nitrogens is 1. The molecule has 2 aromatic rings. The Hall–Kier alpha value is -1.88. The molecule has 1 aromatic heterocycles. The fourth-order valence-electron chi connectivity index (χ4n) is 2.62. The molecule has 1 aliphatic rings. The van der Waals surface area contributed by atoms with Crippen LogP contribution in [0.1, 0.15) is 36.4 Å². The molecule has 0 aliphatic heterocycles. The van der Waals surface area contributed by atoms with Gasteiger partial charge in [0.1, 0.15) is 5.75 Å². The molecule has 1 aromatic carbocycles. The van der Waals surface area contributed by atoms with Crippen LogP contribution in [-0.2, 0) is 12.8 Å². The number of nitrogens with zero attached hydrogens (tertiary/aromatic N) is 2. The fourth-order valence-corrected chi connectivity index (χ4v) is 3.74. The molecule has 3 rings (SSSR count). The first-order chi connectivity index (χ1) is 10.8. The molecular weight excluding hydrogens is 294 g/mol. The van der Waals surface area contributed by atoms with Crippen molar-refractivity contribution in [2.45, 2.75) is 33.1 Å². The number of ether oxygens (including phenoxy) is 1. The lowest BCUT2D eigenvalue weighted by Gasteiger charge is -2.15. The lowest BCUT2D eigenvalue weighted by atomic mass is 9.93. The fraction of sp³-hybridized carbons (Fsp3) is 0.412. The van der Waals surface area contributed by atoms with Crippen LogP contribution in [-0.4, -0.2) is 17.8 Å². The summed E-state index contributed by atoms with van der Waals surface area (Å²) in [5.41, 5.74) is 5.27. The van der Waals surface area contributed by atoms with Crippen LogP contribution in [0.3, 0.4) is 0 Å². The molecule has 0 saturated heterocycles. The van der Waals surface area contributed by atoms with Crippen molar-refractivity contribution in [1.82, 2.24) is 4.98 Å². The minimum absolute atomic E-state index is 0.648. The first-order valence-electron chi connectivity index (χ1n) is 7.75. The highest BCUT2D eigenvalue weighted by atomic mass is 32.1. The predicted octanol–water partition coefficient (Wildman–Crippen LogP) is 4.11. The Morgan fingerprint density at radius 3 is 3.18 bits per heavy atom. The summed E-state index contributed by atoms with van der Waals surface area (Å²) in [5, 5.41) is 5.19. The summed E-state index contributed by atoms with van der Waals surface area (Å²) >= 11 is 1.72. The van der Waals surface area contributed by atoms with Gasteiger partial charge in [0.15, 0.2) is 0 Å². The van der Waals surface area contributed by atoms with Crippen molar-refractivity contribution < 1.29 is 4.74 Å². The van der Waals surface area contributed by atoms with Gasteiger partial charge in [-0.25, -0.2) is 4.98 Å².